The van der Waals surface area contributed by atoms with Gasteiger partial charge >= 0.3 is 0 Å². The molecule has 4 atom stereocenters. The van der Waals surface area contributed by atoms with Crippen molar-refractivity contribution in [3.8, 4) is 0 Å². The number of hydrogen-bond acceptors (Lipinski definition) is 2. The van der Waals surface area contributed by atoms with Crippen LogP contribution in [0, 0.1) is 11.8 Å². The zero-order chi connectivity index (χ0) is 11.7. The molecule has 2 aliphatic heterocycles. The van der Waals surface area contributed by atoms with Crippen LogP contribution in [-0.4, -0.2) is 36.6 Å². The second-order valence-corrected chi connectivity index (χ2v) is 6.58. The second-order valence-electron chi connectivity index (χ2n) is 6.58. The van der Waals surface area contributed by atoms with Crippen LogP contribution in [0.25, 0.3) is 0 Å². The number of hydrogen-bond donors (Lipinski definition) is 1. The molecule has 1 N–H and O–H groups in total. The van der Waals surface area contributed by atoms with Gasteiger partial charge in [0.2, 0.25) is 0 Å². The molecule has 98 valence electrons. The molecule has 0 aromatic rings. The normalized spacial score (nSPS) is 43.6. The van der Waals surface area contributed by atoms with Crippen LogP contribution in [0.5, 0.6) is 0 Å². The first-order chi connectivity index (χ1) is 8.34. The van der Waals surface area contributed by atoms with E-state index in [0.717, 1.165) is 23.9 Å². The van der Waals surface area contributed by atoms with E-state index in [1.807, 2.05) is 0 Å². The van der Waals surface area contributed by atoms with Gasteiger partial charge < -0.3 is 5.32 Å². The summed E-state index contributed by atoms with van der Waals surface area (Å²) in [6.07, 6.45) is 10.2. The maximum atomic E-state index is 3.75. The fourth-order valence-electron chi connectivity index (χ4n) is 4.34. The summed E-state index contributed by atoms with van der Waals surface area (Å²) < 4.78 is 0. The predicted octanol–water partition coefficient (Wildman–Crippen LogP) is 2.64. The average molecular weight is 236 g/mol. The van der Waals surface area contributed by atoms with Crippen LogP contribution in [0.1, 0.15) is 51.9 Å². The van der Waals surface area contributed by atoms with Crippen molar-refractivity contribution in [3.63, 3.8) is 0 Å². The third-order valence-electron chi connectivity index (χ3n) is 5.49. The van der Waals surface area contributed by atoms with E-state index in [1.54, 1.807) is 0 Å². The maximum Gasteiger partial charge on any atom is 0.0220 e. The van der Waals surface area contributed by atoms with Gasteiger partial charge in [0.1, 0.15) is 0 Å². The Morgan fingerprint density at radius 2 is 1.94 bits per heavy atom. The van der Waals surface area contributed by atoms with Crippen LogP contribution in [0.3, 0.4) is 0 Å². The molecule has 2 saturated heterocycles. The monoisotopic (exact) mass is 236 g/mol. The zero-order valence-corrected chi connectivity index (χ0v) is 11.3. The van der Waals surface area contributed by atoms with Crippen LogP contribution < -0.4 is 5.32 Å². The molecular weight excluding hydrogens is 208 g/mol. The summed E-state index contributed by atoms with van der Waals surface area (Å²) in [6, 6.07) is 1.71. The Hall–Kier alpha value is -0.0800. The van der Waals surface area contributed by atoms with Crippen molar-refractivity contribution < 1.29 is 0 Å². The highest BCUT2D eigenvalue weighted by atomic mass is 15.2. The minimum Gasteiger partial charge on any atom is -0.312 e. The van der Waals surface area contributed by atoms with Gasteiger partial charge in [0.25, 0.3) is 0 Å². The van der Waals surface area contributed by atoms with Gasteiger partial charge in [-0.05, 0) is 57.0 Å². The average Bonchev–Trinajstić information content (AvgIpc) is 2.76. The van der Waals surface area contributed by atoms with E-state index in [0.29, 0.717) is 0 Å². The van der Waals surface area contributed by atoms with Crippen molar-refractivity contribution in [3.05, 3.63) is 0 Å². The molecule has 1 saturated carbocycles. The van der Waals surface area contributed by atoms with E-state index in [1.165, 1.54) is 64.6 Å². The molecule has 17 heavy (non-hydrogen) atoms. The van der Waals surface area contributed by atoms with Gasteiger partial charge in [-0.25, -0.2) is 0 Å². The fraction of sp³-hybridized carbons (Fsp3) is 1.00. The SMILES string of the molecule is CC1CCCNC1CN1CCC2CCCCC21. The van der Waals surface area contributed by atoms with Crippen molar-refractivity contribution in [2.75, 3.05) is 19.6 Å². The Morgan fingerprint density at radius 1 is 1.06 bits per heavy atom. The smallest absolute Gasteiger partial charge is 0.0220 e. The lowest BCUT2D eigenvalue weighted by Crippen LogP contribution is -2.49. The molecule has 0 aromatic carbocycles. The van der Waals surface area contributed by atoms with E-state index in [9.17, 15) is 0 Å². The number of nitrogens with zero attached hydrogens (tertiary/aromatic N) is 1. The summed E-state index contributed by atoms with van der Waals surface area (Å²) in [5.74, 6) is 1.93. The van der Waals surface area contributed by atoms with Crippen molar-refractivity contribution in [2.45, 2.75) is 64.0 Å². The molecule has 0 radical (unpaired) electrons. The Labute approximate surface area is 106 Å². The Morgan fingerprint density at radius 3 is 2.82 bits per heavy atom. The quantitative estimate of drug-likeness (QED) is 0.793. The van der Waals surface area contributed by atoms with E-state index in [-0.39, 0.29) is 0 Å². The van der Waals surface area contributed by atoms with Crippen LogP contribution in [-0.2, 0) is 0 Å². The standard InChI is InChI=1S/C15H28N2/c1-12-5-4-9-16-14(12)11-17-10-8-13-6-2-3-7-15(13)17/h12-16H,2-11H2,1H3. The minimum atomic E-state index is 0.768. The molecule has 3 aliphatic rings. The number of piperidine rings is 1. The lowest BCUT2D eigenvalue weighted by Gasteiger charge is -2.37. The molecule has 3 fully saturated rings. The molecule has 3 rings (SSSR count). The molecule has 0 bridgehead atoms. The maximum absolute atomic E-state index is 3.75. The molecule has 1 aliphatic carbocycles. The lowest BCUT2D eigenvalue weighted by molar-refractivity contribution is 0.143. The summed E-state index contributed by atoms with van der Waals surface area (Å²) in [4.78, 5) is 2.82. The van der Waals surface area contributed by atoms with Crippen molar-refractivity contribution in [2.24, 2.45) is 11.8 Å². The summed E-state index contributed by atoms with van der Waals surface area (Å²) in [5, 5.41) is 3.75. The lowest BCUT2D eigenvalue weighted by atomic mass is 9.85. The predicted molar refractivity (Wildman–Crippen MR) is 72.1 cm³/mol. The van der Waals surface area contributed by atoms with Crippen LogP contribution >= 0.6 is 0 Å². The molecule has 4 unspecified atom stereocenters. The first-order valence-corrected chi connectivity index (χ1v) is 7.82. The van der Waals surface area contributed by atoms with Gasteiger partial charge in [0, 0.05) is 18.6 Å². The van der Waals surface area contributed by atoms with Gasteiger partial charge in [0.05, 0.1) is 0 Å². The number of fused-ring (bicyclic) bond motifs is 1. The van der Waals surface area contributed by atoms with E-state index >= 15 is 0 Å². The Bertz CT molecular complexity index is 253. The van der Waals surface area contributed by atoms with Gasteiger partial charge in [0.15, 0.2) is 0 Å². The third-order valence-corrected chi connectivity index (χ3v) is 5.49. The van der Waals surface area contributed by atoms with Gasteiger partial charge in [-0.1, -0.05) is 19.8 Å². The molecule has 2 heterocycles. The van der Waals surface area contributed by atoms with E-state index in [2.05, 4.69) is 17.1 Å². The van der Waals surface area contributed by atoms with Crippen molar-refractivity contribution >= 4 is 0 Å². The Kier molecular flexibility index (Phi) is 3.72. The Balaban J connectivity index is 1.57. The van der Waals surface area contributed by atoms with Gasteiger partial charge in [-0.2, -0.15) is 0 Å². The minimum absolute atomic E-state index is 0.768. The van der Waals surface area contributed by atoms with Gasteiger partial charge in [-0.15, -0.1) is 0 Å². The molecule has 2 heteroatoms. The van der Waals surface area contributed by atoms with Gasteiger partial charge in [-0.3, -0.25) is 4.90 Å². The topological polar surface area (TPSA) is 15.3 Å². The van der Waals surface area contributed by atoms with Crippen LogP contribution in [0.2, 0.25) is 0 Å². The van der Waals surface area contributed by atoms with E-state index < -0.39 is 0 Å². The molecule has 0 amide bonds. The number of rotatable bonds is 2. The fourth-order valence-corrected chi connectivity index (χ4v) is 4.34. The second kappa shape index (κ2) is 5.27. The largest absolute Gasteiger partial charge is 0.312 e. The summed E-state index contributed by atoms with van der Waals surface area (Å²) in [7, 11) is 0. The van der Waals surface area contributed by atoms with Crippen molar-refractivity contribution in [1.29, 1.82) is 0 Å². The number of likely N-dealkylation sites (tertiary alicyclic amines) is 1. The molecule has 0 spiro atoms. The third kappa shape index (κ3) is 2.53. The van der Waals surface area contributed by atoms with E-state index in [4.69, 9.17) is 0 Å². The highest BCUT2D eigenvalue weighted by molar-refractivity contribution is 4.92. The highest BCUT2D eigenvalue weighted by Crippen LogP contribution is 2.36. The van der Waals surface area contributed by atoms with Crippen LogP contribution in [0.4, 0.5) is 0 Å². The highest BCUT2D eigenvalue weighted by Gasteiger charge is 2.37. The summed E-state index contributed by atoms with van der Waals surface area (Å²) >= 11 is 0. The zero-order valence-electron chi connectivity index (χ0n) is 11.3. The first-order valence-electron chi connectivity index (χ1n) is 7.82. The molecule has 0 aromatic heterocycles. The summed E-state index contributed by atoms with van der Waals surface area (Å²) in [6.45, 7) is 6.38. The molecule has 2 nitrogen and oxygen atoms in total. The van der Waals surface area contributed by atoms with Crippen molar-refractivity contribution in [1.82, 2.24) is 10.2 Å². The summed E-state index contributed by atoms with van der Waals surface area (Å²) in [5.41, 5.74) is 0. The number of nitrogens with one attached hydrogen (secondary N) is 1. The first kappa shape index (κ1) is 12.0. The molecular formula is C15H28N2. The van der Waals surface area contributed by atoms with Crippen LogP contribution in [0.15, 0.2) is 0 Å².